The lowest BCUT2D eigenvalue weighted by Crippen LogP contribution is -2.36. The summed E-state index contributed by atoms with van der Waals surface area (Å²) >= 11 is 6.35. The first-order valence-electron chi connectivity index (χ1n) is 11.6. The lowest BCUT2D eigenvalue weighted by molar-refractivity contribution is 0.0502. The maximum absolute atomic E-state index is 13.8. The normalized spacial score (nSPS) is 11.9. The molecule has 4 N–H and O–H groups in total. The number of alkyl carbamates (subject to hydrolysis) is 1. The molecule has 0 aliphatic rings. The van der Waals surface area contributed by atoms with E-state index in [1.807, 2.05) is 0 Å². The molecule has 0 aliphatic carbocycles. The number of anilines is 1. The predicted octanol–water partition coefficient (Wildman–Crippen LogP) is 4.86. The molecule has 0 aliphatic heterocycles. The van der Waals surface area contributed by atoms with E-state index in [0.717, 1.165) is 0 Å². The zero-order valence-electron chi connectivity index (χ0n) is 20.7. The molecule has 0 unspecified atom stereocenters. The smallest absolute Gasteiger partial charge is 0.408 e. The number of nitrogens with one attached hydrogen (secondary N) is 3. The number of nitrogens with zero attached hydrogens (tertiary/aromatic N) is 2. The Morgan fingerprint density at radius 2 is 1.84 bits per heavy atom. The third kappa shape index (κ3) is 8.69. The van der Waals surface area contributed by atoms with Crippen molar-refractivity contribution in [2.75, 3.05) is 18.5 Å². The summed E-state index contributed by atoms with van der Waals surface area (Å²) < 4.78 is 19.2. The average Bonchev–Trinajstić information content (AvgIpc) is 2.82. The highest BCUT2D eigenvalue weighted by molar-refractivity contribution is 6.32. The number of carbonyl (C=O) groups excluding carboxylic acids is 2. The van der Waals surface area contributed by atoms with Crippen LogP contribution in [0.3, 0.4) is 0 Å². The van der Waals surface area contributed by atoms with Gasteiger partial charge in [0.05, 0.1) is 18.3 Å². The maximum atomic E-state index is 13.8. The van der Waals surface area contributed by atoms with Gasteiger partial charge in [-0.3, -0.25) is 0 Å². The molecule has 0 saturated carbocycles. The van der Waals surface area contributed by atoms with Crippen LogP contribution >= 0.6 is 11.6 Å². The summed E-state index contributed by atoms with van der Waals surface area (Å²) in [7, 11) is 0. The van der Waals surface area contributed by atoms with Gasteiger partial charge in [0.15, 0.2) is 5.15 Å². The minimum absolute atomic E-state index is 0.138. The van der Waals surface area contributed by atoms with Crippen LogP contribution < -0.4 is 16.0 Å². The standard InChI is InChI=1S/C26H29ClFN5O4/c1-26(2,3)37-25(36)31-21(14-16-5-4-6-18(28)13-16)22-15-20(23(27)33-32-22)17-7-9-19(10-8-17)30-24(35)29-11-12-34/h4-10,13,15,21,34H,11-12,14H2,1-3H3,(H,31,36)(H2,29,30,35)/t21-/m0/s1. The molecule has 196 valence electrons. The van der Waals surface area contributed by atoms with Crippen LogP contribution in [0.15, 0.2) is 54.6 Å². The fourth-order valence-corrected chi connectivity index (χ4v) is 3.62. The molecule has 3 aromatic rings. The molecule has 1 aromatic heterocycles. The van der Waals surface area contributed by atoms with Crippen molar-refractivity contribution in [3.05, 3.63) is 76.8 Å². The van der Waals surface area contributed by atoms with Gasteiger partial charge in [-0.1, -0.05) is 35.9 Å². The van der Waals surface area contributed by atoms with Crippen LogP contribution in [0, 0.1) is 5.82 Å². The number of urea groups is 1. The third-order valence-electron chi connectivity index (χ3n) is 5.00. The van der Waals surface area contributed by atoms with Crippen molar-refractivity contribution in [1.82, 2.24) is 20.8 Å². The summed E-state index contributed by atoms with van der Waals surface area (Å²) in [5, 5.41) is 25.2. The van der Waals surface area contributed by atoms with Gasteiger partial charge in [-0.2, -0.15) is 5.10 Å². The monoisotopic (exact) mass is 529 g/mol. The number of aliphatic hydroxyl groups excluding tert-OH is 1. The van der Waals surface area contributed by atoms with Gasteiger partial charge >= 0.3 is 12.1 Å². The second kappa shape index (κ2) is 12.5. The van der Waals surface area contributed by atoms with Crippen molar-refractivity contribution in [1.29, 1.82) is 0 Å². The highest BCUT2D eigenvalue weighted by Crippen LogP contribution is 2.30. The van der Waals surface area contributed by atoms with Gasteiger partial charge in [0.25, 0.3) is 0 Å². The minimum Gasteiger partial charge on any atom is -0.444 e. The zero-order chi connectivity index (χ0) is 27.0. The molecule has 0 fully saturated rings. The van der Waals surface area contributed by atoms with Crippen LogP contribution in [0.5, 0.6) is 0 Å². The summed E-state index contributed by atoms with van der Waals surface area (Å²) in [4.78, 5) is 24.4. The number of ether oxygens (including phenoxy) is 1. The zero-order valence-corrected chi connectivity index (χ0v) is 21.5. The number of benzene rings is 2. The van der Waals surface area contributed by atoms with Gasteiger partial charge < -0.3 is 25.8 Å². The molecule has 1 heterocycles. The Balaban J connectivity index is 1.88. The summed E-state index contributed by atoms with van der Waals surface area (Å²) in [6, 6.07) is 13.5. The first-order chi connectivity index (χ1) is 17.5. The van der Waals surface area contributed by atoms with E-state index in [4.69, 9.17) is 21.4 Å². The molecular formula is C26H29ClFN5O4. The second-order valence-corrected chi connectivity index (χ2v) is 9.55. The number of hydrogen-bond donors (Lipinski definition) is 4. The third-order valence-corrected chi connectivity index (χ3v) is 5.27. The van der Waals surface area contributed by atoms with Gasteiger partial charge in [-0.15, -0.1) is 5.10 Å². The fraction of sp³-hybridized carbons (Fsp3) is 0.308. The van der Waals surface area contributed by atoms with Crippen LogP contribution in [0.2, 0.25) is 5.15 Å². The van der Waals surface area contributed by atoms with Crippen molar-refractivity contribution >= 4 is 29.4 Å². The number of aliphatic hydroxyl groups is 1. The predicted molar refractivity (Wildman–Crippen MR) is 139 cm³/mol. The van der Waals surface area contributed by atoms with Crippen molar-refractivity contribution in [2.24, 2.45) is 0 Å². The number of hydrogen-bond acceptors (Lipinski definition) is 6. The van der Waals surface area contributed by atoms with Crippen molar-refractivity contribution in [3.63, 3.8) is 0 Å². The molecule has 0 bridgehead atoms. The largest absolute Gasteiger partial charge is 0.444 e. The summed E-state index contributed by atoms with van der Waals surface area (Å²) in [6.07, 6.45) is -0.416. The first kappa shape index (κ1) is 27.8. The Morgan fingerprint density at radius 1 is 1.11 bits per heavy atom. The second-order valence-electron chi connectivity index (χ2n) is 9.19. The minimum atomic E-state index is -0.713. The van der Waals surface area contributed by atoms with Gasteiger partial charge in [0, 0.05) is 17.8 Å². The van der Waals surface area contributed by atoms with Gasteiger partial charge in [0.2, 0.25) is 0 Å². The lowest BCUT2D eigenvalue weighted by atomic mass is 10.0. The molecule has 3 rings (SSSR count). The van der Waals surface area contributed by atoms with E-state index < -0.39 is 29.6 Å². The van der Waals surface area contributed by atoms with Crippen LogP contribution in [0.4, 0.5) is 19.7 Å². The van der Waals surface area contributed by atoms with Crippen LogP contribution in [0.1, 0.15) is 38.1 Å². The molecule has 2 aromatic carbocycles. The van der Waals surface area contributed by atoms with E-state index in [9.17, 15) is 14.0 Å². The molecule has 0 saturated heterocycles. The first-order valence-corrected chi connectivity index (χ1v) is 11.9. The van der Waals surface area contributed by atoms with Crippen molar-refractivity contribution in [3.8, 4) is 11.1 Å². The van der Waals surface area contributed by atoms with Crippen LogP contribution in [-0.2, 0) is 11.2 Å². The Labute approximate surface area is 219 Å². The maximum Gasteiger partial charge on any atom is 0.408 e. The summed E-state index contributed by atoms with van der Waals surface area (Å²) in [5.41, 5.74) is 2.12. The van der Waals surface area contributed by atoms with Crippen LogP contribution in [0.25, 0.3) is 11.1 Å². The van der Waals surface area contributed by atoms with E-state index in [1.165, 1.54) is 12.1 Å². The Morgan fingerprint density at radius 3 is 2.49 bits per heavy atom. The lowest BCUT2D eigenvalue weighted by Gasteiger charge is -2.23. The van der Waals surface area contributed by atoms with Gasteiger partial charge in [0.1, 0.15) is 11.4 Å². The van der Waals surface area contributed by atoms with Gasteiger partial charge in [-0.05, 0) is 68.7 Å². The molecule has 3 amide bonds. The van der Waals surface area contributed by atoms with E-state index in [-0.39, 0.29) is 24.7 Å². The Kier molecular flexibility index (Phi) is 9.37. The Bertz CT molecular complexity index is 1230. The fourth-order valence-electron chi connectivity index (χ4n) is 3.42. The topological polar surface area (TPSA) is 125 Å². The SMILES string of the molecule is CC(C)(C)OC(=O)N[C@@H](Cc1cccc(F)c1)c1cc(-c2ccc(NC(=O)NCCO)cc2)c(Cl)nn1. The summed E-state index contributed by atoms with van der Waals surface area (Å²) in [6.45, 7) is 5.24. The van der Waals surface area contributed by atoms with E-state index >= 15 is 0 Å². The molecule has 1 atom stereocenters. The van der Waals surface area contributed by atoms with Crippen LogP contribution in [-0.4, -0.2) is 46.2 Å². The van der Waals surface area contributed by atoms with E-state index in [2.05, 4.69) is 26.1 Å². The Hall–Kier alpha value is -3.76. The van der Waals surface area contributed by atoms with E-state index in [1.54, 1.807) is 63.2 Å². The van der Waals surface area contributed by atoms with Crippen molar-refractivity contribution in [2.45, 2.75) is 38.8 Å². The average molecular weight is 530 g/mol. The van der Waals surface area contributed by atoms with Crippen molar-refractivity contribution < 1.29 is 23.8 Å². The molecule has 9 nitrogen and oxygen atoms in total. The summed E-state index contributed by atoms with van der Waals surface area (Å²) in [5.74, 6) is -0.393. The highest BCUT2D eigenvalue weighted by Gasteiger charge is 2.23. The quantitative estimate of drug-likeness (QED) is 0.330. The molecule has 11 heteroatoms. The van der Waals surface area contributed by atoms with Gasteiger partial charge in [-0.25, -0.2) is 14.0 Å². The number of aromatic nitrogens is 2. The number of rotatable bonds is 8. The molecule has 37 heavy (non-hydrogen) atoms. The number of halogens is 2. The molecule has 0 spiro atoms. The van der Waals surface area contributed by atoms with E-state index in [0.29, 0.717) is 28.1 Å². The number of amides is 3. The molecular weight excluding hydrogens is 501 g/mol. The highest BCUT2D eigenvalue weighted by atomic mass is 35.5. The molecule has 0 radical (unpaired) electrons. The number of carbonyl (C=O) groups is 2.